The zero-order chi connectivity index (χ0) is 16.6. The van der Waals surface area contributed by atoms with E-state index in [0.717, 1.165) is 5.52 Å². The molecule has 0 saturated heterocycles. The average Bonchev–Trinajstić information content (AvgIpc) is 3.09. The molecule has 0 amide bonds. The Bertz CT molecular complexity index is 956. The number of hydrogen-bond acceptors (Lipinski definition) is 4. The number of nitrogens with one attached hydrogen (secondary N) is 1. The molecule has 0 aliphatic rings. The molecule has 5 heteroatoms. The lowest BCUT2D eigenvalue weighted by Gasteiger charge is -2.07. The number of nitrogens with zero attached hydrogens (tertiary/aromatic N) is 1. The molecule has 2 aromatic heterocycles. The van der Waals surface area contributed by atoms with Gasteiger partial charge in [0, 0.05) is 22.2 Å². The molecule has 3 aromatic rings. The van der Waals surface area contributed by atoms with Crippen LogP contribution in [0.5, 0.6) is 0 Å². The second-order valence-corrected chi connectivity index (χ2v) is 5.35. The summed E-state index contributed by atoms with van der Waals surface area (Å²) < 4.78 is 5.10. The molecular weight excluding hydrogens is 292 g/mol. The van der Waals surface area contributed by atoms with Gasteiger partial charge in [0.2, 0.25) is 0 Å². The van der Waals surface area contributed by atoms with Crippen LogP contribution in [-0.2, 0) is 0 Å². The molecule has 1 atom stereocenters. The van der Waals surface area contributed by atoms with Crippen LogP contribution in [0.25, 0.3) is 10.9 Å². The van der Waals surface area contributed by atoms with Crippen LogP contribution in [0.2, 0.25) is 0 Å². The first kappa shape index (κ1) is 14.8. The Labute approximate surface area is 132 Å². The van der Waals surface area contributed by atoms with Crippen LogP contribution in [0, 0.1) is 31.1 Å². The predicted molar refractivity (Wildman–Crippen MR) is 84.2 cm³/mol. The van der Waals surface area contributed by atoms with E-state index in [1.807, 2.05) is 24.3 Å². The monoisotopic (exact) mass is 306 g/mol. The number of carbonyl (C=O) groups is 2. The quantitative estimate of drug-likeness (QED) is 0.589. The highest BCUT2D eigenvalue weighted by molar-refractivity contribution is 6.22. The number of carbonyl (C=O) groups excluding carboxylic acids is 2. The molecule has 0 saturated carbocycles. The minimum absolute atomic E-state index is 0.266. The number of benzene rings is 1. The van der Waals surface area contributed by atoms with Crippen molar-refractivity contribution >= 4 is 22.5 Å². The number of Topliss-reactive ketones (excluding diaryl/α,β-unsaturated/α-hetero) is 2. The number of rotatable bonds is 4. The van der Waals surface area contributed by atoms with Gasteiger partial charge in [-0.1, -0.05) is 18.2 Å². The van der Waals surface area contributed by atoms with E-state index in [1.54, 1.807) is 19.9 Å². The highest BCUT2D eigenvalue weighted by Crippen LogP contribution is 2.26. The zero-order valence-corrected chi connectivity index (χ0v) is 12.7. The summed E-state index contributed by atoms with van der Waals surface area (Å²) in [6, 6.07) is 10.6. The van der Waals surface area contributed by atoms with Gasteiger partial charge in [0.15, 0.2) is 17.5 Å². The SMILES string of the molecule is Cc1[nH]c2ccccc2c1C(=O)[C@H](C#N)C(=O)c1ccoc1C. The van der Waals surface area contributed by atoms with E-state index in [9.17, 15) is 14.9 Å². The van der Waals surface area contributed by atoms with Crippen molar-refractivity contribution in [2.24, 2.45) is 5.92 Å². The molecule has 0 unspecified atom stereocenters. The number of aromatic amines is 1. The fraction of sp³-hybridized carbons (Fsp3) is 0.167. The average molecular weight is 306 g/mol. The van der Waals surface area contributed by atoms with Crippen molar-refractivity contribution in [3.05, 3.63) is 59.2 Å². The highest BCUT2D eigenvalue weighted by atomic mass is 16.3. The van der Waals surface area contributed by atoms with E-state index in [-0.39, 0.29) is 5.56 Å². The van der Waals surface area contributed by atoms with Crippen LogP contribution in [0.3, 0.4) is 0 Å². The lowest BCUT2D eigenvalue weighted by Crippen LogP contribution is -2.23. The highest BCUT2D eigenvalue weighted by Gasteiger charge is 2.32. The van der Waals surface area contributed by atoms with Gasteiger partial charge in [0.25, 0.3) is 0 Å². The van der Waals surface area contributed by atoms with Crippen LogP contribution >= 0.6 is 0 Å². The minimum atomic E-state index is -1.38. The summed E-state index contributed by atoms with van der Waals surface area (Å²) in [5.41, 5.74) is 2.11. The molecule has 1 N–H and O–H groups in total. The van der Waals surface area contributed by atoms with Crippen LogP contribution < -0.4 is 0 Å². The second kappa shape index (κ2) is 5.58. The molecule has 0 radical (unpaired) electrons. The van der Waals surface area contributed by atoms with Gasteiger partial charge in [0.1, 0.15) is 5.76 Å². The smallest absolute Gasteiger partial charge is 0.191 e. The van der Waals surface area contributed by atoms with Crippen molar-refractivity contribution in [2.45, 2.75) is 13.8 Å². The van der Waals surface area contributed by atoms with E-state index in [1.165, 1.54) is 12.3 Å². The second-order valence-electron chi connectivity index (χ2n) is 5.35. The normalized spacial score (nSPS) is 12.0. The maximum atomic E-state index is 12.8. The van der Waals surface area contributed by atoms with Crippen molar-refractivity contribution in [1.82, 2.24) is 4.98 Å². The van der Waals surface area contributed by atoms with Crippen molar-refractivity contribution in [2.75, 3.05) is 0 Å². The van der Waals surface area contributed by atoms with E-state index in [4.69, 9.17) is 4.42 Å². The topological polar surface area (TPSA) is 86.9 Å². The summed E-state index contributed by atoms with van der Waals surface area (Å²) in [5.74, 6) is -2.01. The number of H-pyrrole nitrogens is 1. The van der Waals surface area contributed by atoms with Gasteiger partial charge in [-0.15, -0.1) is 0 Å². The zero-order valence-electron chi connectivity index (χ0n) is 12.7. The summed E-state index contributed by atoms with van der Waals surface area (Å²) in [6.45, 7) is 3.39. The summed E-state index contributed by atoms with van der Waals surface area (Å²) in [6.07, 6.45) is 1.37. The van der Waals surface area contributed by atoms with E-state index >= 15 is 0 Å². The molecule has 23 heavy (non-hydrogen) atoms. The van der Waals surface area contributed by atoms with Gasteiger partial charge in [-0.25, -0.2) is 0 Å². The molecule has 0 spiro atoms. The molecule has 1 aromatic carbocycles. The Kier molecular flexibility index (Phi) is 3.59. The summed E-state index contributed by atoms with van der Waals surface area (Å²) in [4.78, 5) is 28.5. The van der Waals surface area contributed by atoms with Gasteiger partial charge < -0.3 is 9.40 Å². The fourth-order valence-electron chi connectivity index (χ4n) is 2.77. The molecule has 0 fully saturated rings. The van der Waals surface area contributed by atoms with Gasteiger partial charge >= 0.3 is 0 Å². The van der Waals surface area contributed by atoms with Gasteiger partial charge in [-0.05, 0) is 26.0 Å². The van der Waals surface area contributed by atoms with Gasteiger partial charge in [-0.2, -0.15) is 5.26 Å². The molecule has 0 bridgehead atoms. The third kappa shape index (κ3) is 2.34. The Hall–Kier alpha value is -3.13. The molecule has 114 valence electrons. The lowest BCUT2D eigenvalue weighted by atomic mass is 9.90. The molecule has 5 nitrogen and oxygen atoms in total. The number of ketones is 2. The standard InChI is InChI=1S/C18H14N2O3/c1-10-16(13-5-3-4-6-15(13)20-10)18(22)14(9-19)17(21)12-7-8-23-11(12)2/h3-8,14,20H,1-2H3/t14-/m1/s1. The predicted octanol–water partition coefficient (Wildman–Crippen LogP) is 3.58. The first-order valence-electron chi connectivity index (χ1n) is 7.14. The number of furan rings is 1. The first-order valence-corrected chi connectivity index (χ1v) is 7.14. The summed E-state index contributed by atoms with van der Waals surface area (Å²) >= 11 is 0. The van der Waals surface area contributed by atoms with Gasteiger partial charge in [-0.3, -0.25) is 9.59 Å². The first-order chi connectivity index (χ1) is 11.0. The maximum Gasteiger partial charge on any atom is 0.191 e. The fourth-order valence-corrected chi connectivity index (χ4v) is 2.77. The molecule has 0 aliphatic carbocycles. The minimum Gasteiger partial charge on any atom is -0.469 e. The Morgan fingerprint density at radius 1 is 1.17 bits per heavy atom. The number of fused-ring (bicyclic) bond motifs is 1. The van der Waals surface area contributed by atoms with Crippen molar-refractivity contribution in [3.8, 4) is 6.07 Å². The van der Waals surface area contributed by atoms with E-state index in [2.05, 4.69) is 4.98 Å². The van der Waals surface area contributed by atoms with Crippen LogP contribution in [0.1, 0.15) is 32.2 Å². The molecular formula is C18H14N2O3. The van der Waals surface area contributed by atoms with E-state index < -0.39 is 17.5 Å². The van der Waals surface area contributed by atoms with Crippen molar-refractivity contribution < 1.29 is 14.0 Å². The third-order valence-corrected chi connectivity index (χ3v) is 3.92. The number of aromatic nitrogens is 1. The van der Waals surface area contributed by atoms with Crippen molar-refractivity contribution in [1.29, 1.82) is 5.26 Å². The van der Waals surface area contributed by atoms with Gasteiger partial charge in [0.05, 0.1) is 17.9 Å². The third-order valence-electron chi connectivity index (χ3n) is 3.92. The Balaban J connectivity index is 2.07. The Morgan fingerprint density at radius 3 is 2.57 bits per heavy atom. The maximum absolute atomic E-state index is 12.8. The number of hydrogen-bond donors (Lipinski definition) is 1. The van der Waals surface area contributed by atoms with E-state index in [0.29, 0.717) is 22.4 Å². The summed E-state index contributed by atoms with van der Waals surface area (Å²) in [5, 5.41) is 10.1. The lowest BCUT2D eigenvalue weighted by molar-refractivity contribution is 0.0846. The summed E-state index contributed by atoms with van der Waals surface area (Å²) in [7, 11) is 0. The largest absolute Gasteiger partial charge is 0.469 e. The number of para-hydroxylation sites is 1. The number of aryl methyl sites for hydroxylation is 2. The van der Waals surface area contributed by atoms with Crippen LogP contribution in [0.15, 0.2) is 41.0 Å². The molecule has 2 heterocycles. The van der Waals surface area contributed by atoms with Crippen LogP contribution in [-0.4, -0.2) is 16.6 Å². The molecule has 0 aliphatic heterocycles. The molecule has 3 rings (SSSR count). The number of nitriles is 1. The van der Waals surface area contributed by atoms with Crippen LogP contribution in [0.4, 0.5) is 0 Å². The van der Waals surface area contributed by atoms with Crippen molar-refractivity contribution in [3.63, 3.8) is 0 Å². The Morgan fingerprint density at radius 2 is 1.91 bits per heavy atom.